The van der Waals surface area contributed by atoms with Crippen molar-refractivity contribution in [3.05, 3.63) is 80.8 Å². The lowest BCUT2D eigenvalue weighted by molar-refractivity contribution is 0.0733. The van der Waals surface area contributed by atoms with Crippen LogP contribution >= 0.6 is 15.9 Å². The zero-order chi connectivity index (χ0) is 17.4. The second kappa shape index (κ2) is 6.44. The van der Waals surface area contributed by atoms with Crippen LogP contribution in [0.5, 0.6) is 0 Å². The molecule has 1 aliphatic heterocycles. The minimum Gasteiger partial charge on any atom is -0.331 e. The van der Waals surface area contributed by atoms with Crippen LogP contribution < -0.4 is 5.56 Å². The van der Waals surface area contributed by atoms with Crippen LogP contribution in [0.3, 0.4) is 0 Å². The maximum Gasteiger partial charge on any atom is 0.270 e. The summed E-state index contributed by atoms with van der Waals surface area (Å²) in [6.45, 7) is 0.649. The van der Waals surface area contributed by atoms with Crippen molar-refractivity contribution in [3.63, 3.8) is 0 Å². The van der Waals surface area contributed by atoms with Gasteiger partial charge < -0.3 is 4.90 Å². The fourth-order valence-electron chi connectivity index (χ4n) is 3.37. The number of hydrogen-bond donors (Lipinski definition) is 0. The van der Waals surface area contributed by atoms with E-state index in [9.17, 15) is 9.59 Å². The molecule has 25 heavy (non-hydrogen) atoms. The Hall–Kier alpha value is -2.47. The number of rotatable bonds is 2. The minimum atomic E-state index is -0.322. The number of aromatic nitrogens is 2. The highest BCUT2D eigenvalue weighted by Gasteiger charge is 2.32. The third-order valence-corrected chi connectivity index (χ3v) is 5.14. The van der Waals surface area contributed by atoms with E-state index in [0.717, 1.165) is 22.9 Å². The summed E-state index contributed by atoms with van der Waals surface area (Å²) in [5, 5.41) is 0. The molecule has 2 aromatic heterocycles. The summed E-state index contributed by atoms with van der Waals surface area (Å²) in [5.74, 6) is -0.249. The fraction of sp³-hybridized carbons (Fsp3) is 0.211. The number of amides is 1. The monoisotopic (exact) mass is 397 g/mol. The van der Waals surface area contributed by atoms with Crippen LogP contribution in [0.1, 0.15) is 34.8 Å². The Morgan fingerprint density at radius 2 is 1.96 bits per heavy atom. The Labute approximate surface area is 153 Å². The van der Waals surface area contributed by atoms with Gasteiger partial charge in [-0.2, -0.15) is 0 Å². The highest BCUT2D eigenvalue weighted by Crippen LogP contribution is 2.33. The molecule has 0 radical (unpaired) electrons. The maximum absolute atomic E-state index is 13.0. The van der Waals surface area contributed by atoms with Gasteiger partial charge in [0.1, 0.15) is 11.2 Å². The van der Waals surface area contributed by atoms with E-state index in [4.69, 9.17) is 0 Å². The first-order valence-electron chi connectivity index (χ1n) is 8.18. The van der Waals surface area contributed by atoms with E-state index >= 15 is 0 Å². The molecule has 0 spiro atoms. The van der Waals surface area contributed by atoms with Crippen LogP contribution in [0.4, 0.5) is 0 Å². The standard InChI is InChI=1S/C19H16BrN3O2/c20-14-8-6-13(7-9-14)16-4-3-11-22(16)18(24)15-12-21-17-5-1-2-10-23(17)19(15)25/h1-2,5-10,12,16H,3-4,11H2/t16-/m0/s1. The van der Waals surface area contributed by atoms with Gasteiger partial charge in [-0.05, 0) is 42.7 Å². The van der Waals surface area contributed by atoms with Gasteiger partial charge in [0, 0.05) is 23.4 Å². The second-order valence-electron chi connectivity index (χ2n) is 6.11. The molecule has 4 rings (SSSR count). The molecular formula is C19H16BrN3O2. The van der Waals surface area contributed by atoms with Crippen molar-refractivity contribution in [1.82, 2.24) is 14.3 Å². The van der Waals surface area contributed by atoms with Crippen LogP contribution in [0.2, 0.25) is 0 Å². The second-order valence-corrected chi connectivity index (χ2v) is 7.03. The van der Waals surface area contributed by atoms with Crippen molar-refractivity contribution in [3.8, 4) is 0 Å². The largest absolute Gasteiger partial charge is 0.331 e. The van der Waals surface area contributed by atoms with Crippen LogP contribution in [-0.4, -0.2) is 26.7 Å². The van der Waals surface area contributed by atoms with Crippen molar-refractivity contribution in [2.24, 2.45) is 0 Å². The zero-order valence-electron chi connectivity index (χ0n) is 13.4. The molecule has 1 amide bonds. The third-order valence-electron chi connectivity index (χ3n) is 4.61. The summed E-state index contributed by atoms with van der Waals surface area (Å²) in [6, 6.07) is 13.3. The number of hydrogen-bond acceptors (Lipinski definition) is 3. The van der Waals surface area contributed by atoms with Gasteiger partial charge in [0.25, 0.3) is 11.5 Å². The first-order valence-corrected chi connectivity index (χ1v) is 8.97. The molecule has 6 heteroatoms. The van der Waals surface area contributed by atoms with E-state index in [1.165, 1.54) is 10.6 Å². The molecule has 1 fully saturated rings. The van der Waals surface area contributed by atoms with Crippen LogP contribution in [0.15, 0.2) is 64.1 Å². The van der Waals surface area contributed by atoms with Crippen LogP contribution in [-0.2, 0) is 0 Å². The molecule has 1 aromatic carbocycles. The summed E-state index contributed by atoms with van der Waals surface area (Å²) in [6.07, 6.45) is 4.86. The van der Waals surface area contributed by atoms with E-state index in [-0.39, 0.29) is 23.1 Å². The average molecular weight is 398 g/mol. The molecule has 0 unspecified atom stereocenters. The number of fused-ring (bicyclic) bond motifs is 1. The lowest BCUT2D eigenvalue weighted by Crippen LogP contribution is -2.35. The molecule has 1 saturated heterocycles. The number of carbonyl (C=O) groups is 1. The number of benzene rings is 1. The molecule has 0 saturated carbocycles. The van der Waals surface area contributed by atoms with Gasteiger partial charge in [-0.15, -0.1) is 0 Å². The molecule has 3 aromatic rings. The van der Waals surface area contributed by atoms with Gasteiger partial charge in [-0.3, -0.25) is 14.0 Å². The van der Waals surface area contributed by atoms with Gasteiger partial charge >= 0.3 is 0 Å². The van der Waals surface area contributed by atoms with Gasteiger partial charge in [0.15, 0.2) is 0 Å². The quantitative estimate of drug-likeness (QED) is 0.665. The van der Waals surface area contributed by atoms with E-state index in [1.807, 2.05) is 30.3 Å². The van der Waals surface area contributed by atoms with Crippen molar-refractivity contribution >= 4 is 27.5 Å². The summed E-state index contributed by atoms with van der Waals surface area (Å²) in [5.41, 5.74) is 1.42. The Kier molecular flexibility index (Phi) is 4.13. The number of pyridine rings is 1. The molecule has 1 atom stereocenters. The lowest BCUT2D eigenvalue weighted by Gasteiger charge is -2.25. The van der Waals surface area contributed by atoms with Crippen molar-refractivity contribution in [1.29, 1.82) is 0 Å². The predicted octanol–water partition coefficient (Wildman–Crippen LogP) is 3.43. The average Bonchev–Trinajstić information content (AvgIpc) is 3.12. The van der Waals surface area contributed by atoms with E-state index in [0.29, 0.717) is 12.2 Å². The van der Waals surface area contributed by atoms with Crippen molar-refractivity contribution in [2.75, 3.05) is 6.54 Å². The number of likely N-dealkylation sites (tertiary alicyclic amines) is 1. The third kappa shape index (κ3) is 2.87. The molecule has 126 valence electrons. The van der Waals surface area contributed by atoms with E-state index in [1.54, 1.807) is 23.2 Å². The Morgan fingerprint density at radius 1 is 1.16 bits per heavy atom. The molecule has 5 nitrogen and oxygen atoms in total. The van der Waals surface area contributed by atoms with E-state index < -0.39 is 0 Å². The topological polar surface area (TPSA) is 54.7 Å². The van der Waals surface area contributed by atoms with Crippen LogP contribution in [0.25, 0.3) is 5.65 Å². The van der Waals surface area contributed by atoms with Gasteiger partial charge in [-0.1, -0.05) is 34.1 Å². The minimum absolute atomic E-state index is 0.00327. The molecule has 0 aliphatic carbocycles. The lowest BCUT2D eigenvalue weighted by atomic mass is 10.0. The first-order chi connectivity index (χ1) is 12.1. The number of halogens is 1. The number of nitrogens with zero attached hydrogens (tertiary/aromatic N) is 3. The van der Waals surface area contributed by atoms with E-state index in [2.05, 4.69) is 20.9 Å². The molecule has 0 bridgehead atoms. The normalized spacial score (nSPS) is 17.2. The molecule has 3 heterocycles. The Morgan fingerprint density at radius 3 is 2.76 bits per heavy atom. The summed E-state index contributed by atoms with van der Waals surface area (Å²) < 4.78 is 2.42. The summed E-state index contributed by atoms with van der Waals surface area (Å²) in [4.78, 5) is 31.8. The highest BCUT2D eigenvalue weighted by molar-refractivity contribution is 9.10. The Bertz CT molecular complexity index is 997. The number of carbonyl (C=O) groups excluding carboxylic acids is 1. The fourth-order valence-corrected chi connectivity index (χ4v) is 3.63. The zero-order valence-corrected chi connectivity index (χ0v) is 15.0. The maximum atomic E-state index is 13.0. The Balaban J connectivity index is 1.71. The summed E-state index contributed by atoms with van der Waals surface area (Å²) in [7, 11) is 0. The summed E-state index contributed by atoms with van der Waals surface area (Å²) >= 11 is 3.43. The molecule has 1 aliphatic rings. The van der Waals surface area contributed by atoms with Gasteiger partial charge in [-0.25, -0.2) is 4.98 Å². The van der Waals surface area contributed by atoms with Gasteiger partial charge in [0.2, 0.25) is 0 Å². The highest BCUT2D eigenvalue weighted by atomic mass is 79.9. The van der Waals surface area contributed by atoms with Crippen LogP contribution in [0, 0.1) is 0 Å². The smallest absolute Gasteiger partial charge is 0.270 e. The first kappa shape index (κ1) is 16.0. The van der Waals surface area contributed by atoms with Crippen molar-refractivity contribution in [2.45, 2.75) is 18.9 Å². The SMILES string of the molecule is O=C(c1cnc2ccccn2c1=O)N1CCC[C@H]1c1ccc(Br)cc1. The van der Waals surface area contributed by atoms with Crippen molar-refractivity contribution < 1.29 is 4.79 Å². The predicted molar refractivity (Wildman–Crippen MR) is 98.6 cm³/mol. The molecule has 0 N–H and O–H groups in total. The van der Waals surface area contributed by atoms with Gasteiger partial charge in [0.05, 0.1) is 6.04 Å². The molecular weight excluding hydrogens is 382 g/mol.